The van der Waals surface area contributed by atoms with E-state index in [9.17, 15) is 14.7 Å². The van der Waals surface area contributed by atoms with Gasteiger partial charge in [-0.3, -0.25) is 9.78 Å². The van der Waals surface area contributed by atoms with Gasteiger partial charge in [0, 0.05) is 37.6 Å². The summed E-state index contributed by atoms with van der Waals surface area (Å²) in [5.41, 5.74) is 3.94. The van der Waals surface area contributed by atoms with Crippen LogP contribution in [0.15, 0.2) is 30.3 Å². The highest BCUT2D eigenvalue weighted by molar-refractivity contribution is 5.78. The number of carboxylic acids is 1. The topological polar surface area (TPSA) is 406 Å². The van der Waals surface area contributed by atoms with Crippen molar-refractivity contribution in [2.24, 2.45) is 0 Å². The molecule has 818 valence electrons. The maximum atomic E-state index is 15.3. The van der Waals surface area contributed by atoms with Gasteiger partial charge in [-0.05, 0) is 74.3 Å². The minimum absolute atomic E-state index is 0.00806. The number of ether oxygens (including phenoxy) is 36. The number of aliphatic carboxylic acids is 1. The van der Waals surface area contributed by atoms with E-state index in [1.54, 1.807) is 11.0 Å². The van der Waals surface area contributed by atoms with Crippen LogP contribution in [0.5, 0.6) is 5.75 Å². The van der Waals surface area contributed by atoms with Crippen LogP contribution in [-0.4, -0.2) is 521 Å². The Kier molecular flexibility index (Phi) is 94.0. The monoisotopic (exact) mass is 2020 g/mol. The number of aromatic nitrogens is 1. The molecule has 1 fully saturated rings. The van der Waals surface area contributed by atoms with E-state index in [2.05, 4.69) is 19.1 Å². The lowest BCUT2D eigenvalue weighted by molar-refractivity contribution is -0.138. The first-order valence-corrected chi connectivity index (χ1v) is 50.3. The number of nitrogens with zero attached hydrogens (tertiary/aromatic N) is 3. The molecule has 2 heterocycles. The first kappa shape index (κ1) is 128. The van der Waals surface area contributed by atoms with Crippen molar-refractivity contribution in [2.75, 3.05) is 489 Å². The van der Waals surface area contributed by atoms with Gasteiger partial charge in [0.15, 0.2) is 11.6 Å². The maximum absolute atomic E-state index is 15.3. The molecule has 0 saturated carbocycles. The molecule has 140 heavy (non-hydrogen) atoms. The smallest absolute Gasteiger partial charge is 0.320 e. The Hall–Kier alpha value is -4.56. The number of hydrogen-bond donors (Lipinski definition) is 1. The molecule has 2 aliphatic rings. The molecule has 1 saturated heterocycles. The van der Waals surface area contributed by atoms with E-state index < -0.39 is 17.8 Å². The Bertz CT molecular complexity index is 2920. The lowest BCUT2D eigenvalue weighted by Crippen LogP contribution is -2.36. The van der Waals surface area contributed by atoms with Gasteiger partial charge in [0.1, 0.15) is 6.61 Å². The highest BCUT2D eigenvalue weighted by Crippen LogP contribution is 2.32. The fourth-order valence-corrected chi connectivity index (χ4v) is 12.7. The van der Waals surface area contributed by atoms with Crippen molar-refractivity contribution in [3.63, 3.8) is 0 Å². The van der Waals surface area contributed by atoms with E-state index in [1.165, 1.54) is 34.7 Å². The second kappa shape index (κ2) is 103. The summed E-state index contributed by atoms with van der Waals surface area (Å²) in [5, 5.41) is 9.74. The highest BCUT2D eigenvalue weighted by Gasteiger charge is 2.36. The number of benzene rings is 1. The van der Waals surface area contributed by atoms with Crippen LogP contribution in [0.4, 0.5) is 9.18 Å². The molecule has 0 spiro atoms. The molecule has 1 aromatic heterocycles. The van der Waals surface area contributed by atoms with E-state index in [0.717, 1.165) is 50.8 Å². The van der Waals surface area contributed by atoms with Gasteiger partial charge in [-0.1, -0.05) is 19.1 Å². The summed E-state index contributed by atoms with van der Waals surface area (Å²) >= 11 is 0. The van der Waals surface area contributed by atoms with Crippen LogP contribution in [0.2, 0.25) is 0 Å². The molecule has 1 aromatic carbocycles. The van der Waals surface area contributed by atoms with Crippen molar-refractivity contribution >= 4 is 12.0 Å². The fourth-order valence-electron chi connectivity index (χ4n) is 12.7. The van der Waals surface area contributed by atoms with Crippen molar-refractivity contribution in [2.45, 2.75) is 64.3 Å². The third kappa shape index (κ3) is 82.5. The number of amides is 2. The summed E-state index contributed by atoms with van der Waals surface area (Å²) in [7, 11) is 0. The second-order valence-electron chi connectivity index (χ2n) is 30.8. The molecule has 42 nitrogen and oxygen atoms in total. The van der Waals surface area contributed by atoms with Crippen molar-refractivity contribution in [3.8, 4) is 5.75 Å². The normalized spacial score (nSPS) is 13.1. The number of carbonyl (C=O) groups is 2. The Morgan fingerprint density at radius 1 is 0.307 bits per heavy atom. The molecule has 1 atom stereocenters. The fraction of sp³-hybridized carbons (Fsp3) is 0.866. The van der Waals surface area contributed by atoms with Gasteiger partial charge in [-0.15, -0.1) is 0 Å². The van der Waals surface area contributed by atoms with Crippen molar-refractivity contribution < 1.29 is 190 Å². The number of halogens is 1. The quantitative estimate of drug-likeness (QED) is 0.0815. The molecule has 43 heteroatoms. The van der Waals surface area contributed by atoms with Gasteiger partial charge in [0.2, 0.25) is 0 Å². The number of carbonyl (C=O) groups excluding carboxylic acids is 1. The van der Waals surface area contributed by atoms with Crippen LogP contribution in [0, 0.1) is 5.82 Å². The number of urea groups is 1. The van der Waals surface area contributed by atoms with Gasteiger partial charge in [0.05, 0.1) is 468 Å². The third-order valence-electron chi connectivity index (χ3n) is 19.8. The number of rotatable bonds is 116. The van der Waals surface area contributed by atoms with E-state index in [4.69, 9.17) is 176 Å². The van der Waals surface area contributed by atoms with E-state index in [1.807, 2.05) is 0 Å². The molecule has 1 aliphatic carbocycles. The number of pyridine rings is 1. The van der Waals surface area contributed by atoms with Crippen LogP contribution in [0.3, 0.4) is 0 Å². The lowest BCUT2D eigenvalue weighted by atomic mass is 9.95. The summed E-state index contributed by atoms with van der Waals surface area (Å²) in [6.07, 6.45) is 6.61. The standard InChI is InChI=1S/C97H174FN3O39/c1-2-16-105-17-18-106-19-20-107-21-22-108-23-24-109-25-26-110-27-28-111-29-30-112-31-32-113-33-34-114-35-36-115-37-38-116-39-40-117-41-42-118-43-44-119-45-46-120-47-48-121-49-50-122-51-52-123-53-54-124-55-56-125-57-58-126-59-60-127-61-62-128-63-64-129-65-66-130-67-68-131-69-70-132-71-72-133-73-74-134-75-76-135-77-78-136-79-80-137-81-82-138-83-84-139-85-86-140-95-12-10-90(87-92(95)98)94(88-96(102)103)101-15-14-100(97(101)104)13-5-7-91-11-9-89-6-3-4-8-93(89)99-91/h9-12,87,94H,2-8,13-86,88H2,1H3,(H,102,103)/t94-/m0/s1. The minimum Gasteiger partial charge on any atom is -0.488 e. The van der Waals surface area contributed by atoms with Crippen LogP contribution < -0.4 is 4.74 Å². The predicted molar refractivity (Wildman–Crippen MR) is 509 cm³/mol. The SMILES string of the molecule is CCCOCCOCCOCCOCCOCCOCCOCCOCCOCCOCCOCCOCCOCCOCCOCCOCCOCCOCCOCCOCCOCCOCCOCCOCCOCCOCCOCCOCCOCCOCCOCCOCCOCCOCCOCCOc1ccc([C@H](CC(=O)O)N2CCN(CCCc3ccc4c(n3)CCCC4)C2=O)cc1F. The number of hydrogen-bond acceptors (Lipinski definition) is 39. The molecular weight excluding hydrogens is 1850 g/mol. The molecule has 1 aliphatic heterocycles. The predicted octanol–water partition coefficient (Wildman–Crippen LogP) is 5.36. The minimum atomic E-state index is -1.08. The summed E-state index contributed by atoms with van der Waals surface area (Å²) < 4.78 is 215. The summed E-state index contributed by atoms with van der Waals surface area (Å²) in [6, 6.07) is 7.50. The van der Waals surface area contributed by atoms with Crippen molar-refractivity contribution in [1.29, 1.82) is 0 Å². The molecule has 1 N–H and O–H groups in total. The van der Waals surface area contributed by atoms with Crippen LogP contribution >= 0.6 is 0 Å². The van der Waals surface area contributed by atoms with Crippen LogP contribution in [-0.2, 0) is 190 Å². The van der Waals surface area contributed by atoms with Crippen LogP contribution in [0.25, 0.3) is 0 Å². The van der Waals surface area contributed by atoms with Gasteiger partial charge in [0.25, 0.3) is 0 Å². The number of aryl methyl sites for hydroxylation is 3. The van der Waals surface area contributed by atoms with Gasteiger partial charge < -0.3 is 185 Å². The van der Waals surface area contributed by atoms with Gasteiger partial charge in [-0.25, -0.2) is 9.18 Å². The average Bonchev–Trinajstić information content (AvgIpc) is 1.57. The summed E-state index contributed by atoms with van der Waals surface area (Å²) in [6.45, 7) is 36.5. The van der Waals surface area contributed by atoms with Crippen molar-refractivity contribution in [1.82, 2.24) is 14.8 Å². The number of carboxylic acid groups (broad SMARTS) is 1. The zero-order chi connectivity index (χ0) is 99.0. The number of fused-ring (bicyclic) bond motifs is 1. The van der Waals surface area contributed by atoms with Gasteiger partial charge in [-0.2, -0.15) is 0 Å². The molecule has 2 amide bonds. The summed E-state index contributed by atoms with van der Waals surface area (Å²) in [5.74, 6) is -1.72. The Morgan fingerprint density at radius 3 is 0.764 bits per heavy atom. The molecule has 0 bridgehead atoms. The van der Waals surface area contributed by atoms with E-state index in [-0.39, 0.29) is 31.4 Å². The third-order valence-corrected chi connectivity index (χ3v) is 19.8. The van der Waals surface area contributed by atoms with Crippen LogP contribution in [0.1, 0.15) is 67.6 Å². The highest BCUT2D eigenvalue weighted by atomic mass is 19.1. The first-order valence-electron chi connectivity index (χ1n) is 50.3. The molecule has 0 radical (unpaired) electrons. The molecular formula is C97H174FN3O39. The largest absolute Gasteiger partial charge is 0.488 e. The zero-order valence-corrected chi connectivity index (χ0v) is 84.1. The van der Waals surface area contributed by atoms with Crippen molar-refractivity contribution in [3.05, 3.63) is 58.7 Å². The lowest BCUT2D eigenvalue weighted by Gasteiger charge is -2.27. The zero-order valence-electron chi connectivity index (χ0n) is 84.1. The Morgan fingerprint density at radius 2 is 0.536 bits per heavy atom. The summed E-state index contributed by atoms with van der Waals surface area (Å²) in [4.78, 5) is 33.5. The Labute approximate surface area is 830 Å². The first-order chi connectivity index (χ1) is 69.5. The second-order valence-corrected chi connectivity index (χ2v) is 30.8. The molecule has 0 unspecified atom stereocenters. The molecule has 4 rings (SSSR count). The Balaban J connectivity index is 0.696. The van der Waals surface area contributed by atoms with E-state index in [0.29, 0.717) is 474 Å². The molecule has 2 aromatic rings. The van der Waals surface area contributed by atoms with E-state index >= 15 is 4.39 Å². The maximum Gasteiger partial charge on any atom is 0.320 e. The average molecular weight is 2030 g/mol. The van der Waals surface area contributed by atoms with Gasteiger partial charge >= 0.3 is 12.0 Å².